The van der Waals surface area contributed by atoms with Crippen molar-refractivity contribution in [1.82, 2.24) is 39.5 Å². The highest BCUT2D eigenvalue weighted by atomic mass is 19.1. The minimum absolute atomic E-state index is 0.0593. The van der Waals surface area contributed by atoms with E-state index in [1.165, 1.54) is 6.08 Å². The van der Waals surface area contributed by atoms with E-state index in [2.05, 4.69) is 22.0 Å². The molecule has 0 saturated carbocycles. The summed E-state index contributed by atoms with van der Waals surface area (Å²) in [6.07, 6.45) is 5.51. The van der Waals surface area contributed by atoms with Gasteiger partial charge >= 0.3 is 0 Å². The largest absolute Gasteiger partial charge is 0.480 e. The Balaban J connectivity index is 1.26. The van der Waals surface area contributed by atoms with Gasteiger partial charge in [-0.15, -0.1) is 5.10 Å². The average molecular weight is 594 g/mol. The fraction of sp³-hybridized carbons (Fsp3) is 0.281. The SMILES string of the molecule is C=CC(=O)N1CCC(N[C@@H]2c3ccc(-n4c(-c5cccnc5N)nc5ccc(-n6ccc(OC)n6)nc54)cc3CC2F)CC1. The first-order valence-corrected chi connectivity index (χ1v) is 14.6. The molecule has 1 amide bonds. The number of carbonyl (C=O) groups is 1. The molecule has 0 bridgehead atoms. The molecule has 1 fully saturated rings. The van der Waals surface area contributed by atoms with Crippen molar-refractivity contribution in [2.75, 3.05) is 25.9 Å². The number of ether oxygens (including phenoxy) is 1. The van der Waals surface area contributed by atoms with E-state index in [9.17, 15) is 4.79 Å². The number of anilines is 1. The van der Waals surface area contributed by atoms with E-state index < -0.39 is 12.2 Å². The van der Waals surface area contributed by atoms with E-state index in [1.54, 1.807) is 35.2 Å². The van der Waals surface area contributed by atoms with Gasteiger partial charge in [-0.1, -0.05) is 12.6 Å². The zero-order chi connectivity index (χ0) is 30.4. The van der Waals surface area contributed by atoms with Gasteiger partial charge < -0.3 is 20.7 Å². The third kappa shape index (κ3) is 4.86. The molecular formula is C32H32FN9O2. The lowest BCUT2D eigenvalue weighted by Gasteiger charge is -2.34. The van der Waals surface area contributed by atoms with Crippen LogP contribution in [0.5, 0.6) is 5.88 Å². The number of halogens is 1. The first-order chi connectivity index (χ1) is 21.4. The highest BCUT2D eigenvalue weighted by molar-refractivity contribution is 5.87. The maximum atomic E-state index is 15.6. The Hall–Kier alpha value is -5.10. The number of nitrogens with one attached hydrogen (secondary N) is 1. The molecule has 2 aliphatic rings. The quantitative estimate of drug-likeness (QED) is 0.272. The summed E-state index contributed by atoms with van der Waals surface area (Å²) in [6, 6.07) is 14.8. The molecule has 2 atom stereocenters. The fourth-order valence-electron chi connectivity index (χ4n) is 6.23. The molecular weight excluding hydrogens is 561 g/mol. The summed E-state index contributed by atoms with van der Waals surface area (Å²) < 4.78 is 24.4. The van der Waals surface area contributed by atoms with Crippen LogP contribution in [0.1, 0.15) is 30.0 Å². The number of pyridine rings is 2. The Labute approximate surface area is 253 Å². The van der Waals surface area contributed by atoms with Crippen molar-refractivity contribution in [3.63, 3.8) is 0 Å². The topological polar surface area (TPSA) is 129 Å². The number of carbonyl (C=O) groups excluding carboxylic acids is 1. The standard InChI is InChI=1S/C32H32FN9O2/c1-3-28(43)40-14-10-20(11-15-40)36-29-22-7-6-21(17-19(22)18-24(29)33)42-31(23-5-4-13-35-30(23)34)37-25-8-9-26(38-32(25)42)41-16-12-27(39-41)44-2/h3-9,12-13,16-17,20,24,29,36H,1,10-11,14-15,18H2,2H3,(H2,34,35)/t24?,29-/m1/s1. The molecule has 44 heavy (non-hydrogen) atoms. The number of imidazole rings is 1. The molecule has 0 spiro atoms. The number of aromatic nitrogens is 6. The van der Waals surface area contributed by atoms with Gasteiger partial charge in [0.15, 0.2) is 17.3 Å². The zero-order valence-electron chi connectivity index (χ0n) is 24.2. The Morgan fingerprint density at radius 3 is 2.75 bits per heavy atom. The first kappa shape index (κ1) is 27.7. The van der Waals surface area contributed by atoms with Crippen LogP contribution in [0.3, 0.4) is 0 Å². The van der Waals surface area contributed by atoms with E-state index in [-0.39, 0.29) is 18.4 Å². The summed E-state index contributed by atoms with van der Waals surface area (Å²) in [6.45, 7) is 4.84. The van der Waals surface area contributed by atoms with Gasteiger partial charge in [0.2, 0.25) is 11.8 Å². The number of nitrogen functional groups attached to an aromatic ring is 1. The molecule has 1 aromatic carbocycles. The highest BCUT2D eigenvalue weighted by Crippen LogP contribution is 2.38. The summed E-state index contributed by atoms with van der Waals surface area (Å²) in [4.78, 5) is 27.9. The number of piperidine rings is 1. The molecule has 4 aromatic heterocycles. The van der Waals surface area contributed by atoms with E-state index >= 15 is 4.39 Å². The molecule has 1 aliphatic heterocycles. The Morgan fingerprint density at radius 2 is 2.00 bits per heavy atom. The van der Waals surface area contributed by atoms with Gasteiger partial charge in [0, 0.05) is 49.7 Å². The Bertz CT molecular complexity index is 1870. The van der Waals surface area contributed by atoms with Crippen LogP contribution >= 0.6 is 0 Å². The van der Waals surface area contributed by atoms with Crippen molar-refractivity contribution in [3.8, 4) is 28.8 Å². The molecule has 1 saturated heterocycles. The minimum atomic E-state index is -1.07. The number of nitrogens with two attached hydrogens (primary N) is 1. The Morgan fingerprint density at radius 1 is 1.16 bits per heavy atom. The number of rotatable bonds is 7. The molecule has 7 rings (SSSR count). The number of alkyl halides is 1. The van der Waals surface area contributed by atoms with Crippen LogP contribution in [-0.2, 0) is 11.2 Å². The number of hydrogen-bond acceptors (Lipinski definition) is 8. The van der Waals surface area contributed by atoms with Gasteiger partial charge in [-0.3, -0.25) is 9.36 Å². The molecule has 1 aliphatic carbocycles. The van der Waals surface area contributed by atoms with Gasteiger partial charge in [-0.25, -0.2) is 24.0 Å². The van der Waals surface area contributed by atoms with Crippen LogP contribution < -0.4 is 15.8 Å². The van der Waals surface area contributed by atoms with Crippen LogP contribution in [0.15, 0.2) is 73.6 Å². The highest BCUT2D eigenvalue weighted by Gasteiger charge is 2.35. The van der Waals surface area contributed by atoms with Crippen LogP contribution in [0.2, 0.25) is 0 Å². The number of nitrogens with zero attached hydrogens (tertiary/aromatic N) is 7. The van der Waals surface area contributed by atoms with Gasteiger partial charge in [-0.05, 0) is 66.4 Å². The van der Waals surface area contributed by atoms with Gasteiger partial charge in [-0.2, -0.15) is 0 Å². The van der Waals surface area contributed by atoms with Crippen molar-refractivity contribution >= 4 is 22.9 Å². The fourth-order valence-corrected chi connectivity index (χ4v) is 6.23. The molecule has 11 nitrogen and oxygen atoms in total. The monoisotopic (exact) mass is 593 g/mol. The number of amides is 1. The van der Waals surface area contributed by atoms with E-state index in [1.807, 2.05) is 47.0 Å². The van der Waals surface area contributed by atoms with Gasteiger partial charge in [0.05, 0.1) is 18.7 Å². The van der Waals surface area contributed by atoms with E-state index in [0.29, 0.717) is 53.2 Å². The second-order valence-electron chi connectivity index (χ2n) is 11.1. The van der Waals surface area contributed by atoms with Crippen molar-refractivity contribution in [1.29, 1.82) is 0 Å². The predicted molar refractivity (Wildman–Crippen MR) is 164 cm³/mol. The molecule has 224 valence electrons. The predicted octanol–water partition coefficient (Wildman–Crippen LogP) is 3.96. The number of likely N-dealkylation sites (tertiary alicyclic amines) is 1. The number of methoxy groups -OCH3 is 1. The smallest absolute Gasteiger partial charge is 0.245 e. The second kappa shape index (κ2) is 11.2. The lowest BCUT2D eigenvalue weighted by molar-refractivity contribution is -0.127. The third-order valence-electron chi connectivity index (χ3n) is 8.47. The van der Waals surface area contributed by atoms with Crippen LogP contribution in [0.4, 0.5) is 10.2 Å². The summed E-state index contributed by atoms with van der Waals surface area (Å²) >= 11 is 0. The zero-order valence-corrected chi connectivity index (χ0v) is 24.2. The van der Waals surface area contributed by atoms with Crippen molar-refractivity contribution in [3.05, 3.63) is 84.7 Å². The van der Waals surface area contributed by atoms with Crippen LogP contribution in [-0.4, -0.2) is 72.5 Å². The van der Waals surface area contributed by atoms with Crippen molar-refractivity contribution in [2.45, 2.75) is 37.5 Å². The summed E-state index contributed by atoms with van der Waals surface area (Å²) in [5.74, 6) is 1.93. The van der Waals surface area contributed by atoms with E-state index in [0.717, 1.165) is 29.7 Å². The number of benzene rings is 1. The molecule has 3 N–H and O–H groups in total. The lowest BCUT2D eigenvalue weighted by Crippen LogP contribution is -2.46. The Kier molecular flexibility index (Phi) is 7.05. The third-order valence-corrected chi connectivity index (χ3v) is 8.47. The van der Waals surface area contributed by atoms with Crippen molar-refractivity contribution < 1.29 is 13.9 Å². The van der Waals surface area contributed by atoms with Crippen molar-refractivity contribution in [2.24, 2.45) is 0 Å². The van der Waals surface area contributed by atoms with Gasteiger partial charge in [0.1, 0.15) is 17.5 Å². The lowest BCUT2D eigenvalue weighted by atomic mass is 10.0. The molecule has 0 radical (unpaired) electrons. The molecule has 5 aromatic rings. The normalized spacial score (nSPS) is 18.5. The second-order valence-corrected chi connectivity index (χ2v) is 11.1. The maximum Gasteiger partial charge on any atom is 0.245 e. The molecule has 12 heteroatoms. The van der Waals surface area contributed by atoms with Gasteiger partial charge in [0.25, 0.3) is 0 Å². The summed E-state index contributed by atoms with van der Waals surface area (Å²) in [5, 5.41) is 7.96. The summed E-state index contributed by atoms with van der Waals surface area (Å²) in [5.41, 5.74) is 10.9. The average Bonchev–Trinajstić information content (AvgIpc) is 3.76. The number of fused-ring (bicyclic) bond motifs is 2. The minimum Gasteiger partial charge on any atom is -0.480 e. The van der Waals surface area contributed by atoms with E-state index in [4.69, 9.17) is 20.4 Å². The van der Waals surface area contributed by atoms with Crippen LogP contribution in [0.25, 0.3) is 34.1 Å². The van der Waals surface area contributed by atoms with Crippen LogP contribution in [0, 0.1) is 0 Å². The first-order valence-electron chi connectivity index (χ1n) is 14.6. The maximum absolute atomic E-state index is 15.6. The molecule has 5 heterocycles. The number of hydrogen-bond donors (Lipinski definition) is 2. The molecule has 1 unspecified atom stereocenters. The summed E-state index contributed by atoms with van der Waals surface area (Å²) in [7, 11) is 1.56.